The maximum atomic E-state index is 12.8. The summed E-state index contributed by atoms with van der Waals surface area (Å²) in [6.07, 6.45) is 1.81. The first-order chi connectivity index (χ1) is 12.2. The number of benzene rings is 2. The Morgan fingerprint density at radius 2 is 1.50 bits per heavy atom. The average Bonchev–Trinajstić information content (AvgIpc) is 2.68. The highest BCUT2D eigenvalue weighted by Crippen LogP contribution is 2.15. The van der Waals surface area contributed by atoms with E-state index in [2.05, 4.69) is 16.0 Å². The molecule has 1 heterocycles. The van der Waals surface area contributed by atoms with Gasteiger partial charge in [0.2, 0.25) is 5.91 Å². The maximum absolute atomic E-state index is 12.8. The molecule has 2 aromatic carbocycles. The highest BCUT2D eigenvalue weighted by molar-refractivity contribution is 5.97. The van der Waals surface area contributed by atoms with E-state index in [-0.39, 0.29) is 30.3 Å². The average molecular weight is 374 g/mol. The van der Waals surface area contributed by atoms with E-state index in [0.29, 0.717) is 5.56 Å². The Morgan fingerprint density at radius 3 is 2.12 bits per heavy atom. The molecular weight excluding hydrogens is 350 g/mol. The number of rotatable bonds is 5. The Balaban J connectivity index is 0.00000243. The molecule has 0 bridgehead atoms. The van der Waals surface area contributed by atoms with Crippen LogP contribution < -0.4 is 16.0 Å². The Labute approximate surface area is 160 Å². The zero-order valence-corrected chi connectivity index (χ0v) is 15.3. The standard InChI is InChI=1S/C20H23N3O2.ClH/c24-19(16-9-5-2-6-10-16)23-18(15-7-3-1-4-8-15)20(25)22-17-11-13-21-14-12-17;/h1-10,17-18,21H,11-14H2,(H,22,25)(H,23,24);1H. The molecule has 1 aliphatic rings. The summed E-state index contributed by atoms with van der Waals surface area (Å²) < 4.78 is 0. The molecule has 3 N–H and O–H groups in total. The van der Waals surface area contributed by atoms with E-state index in [1.807, 2.05) is 48.5 Å². The van der Waals surface area contributed by atoms with Crippen molar-refractivity contribution < 1.29 is 9.59 Å². The number of carbonyl (C=O) groups excluding carboxylic acids is 2. The molecule has 1 unspecified atom stereocenters. The lowest BCUT2D eigenvalue weighted by Gasteiger charge is -2.26. The lowest BCUT2D eigenvalue weighted by molar-refractivity contribution is -0.124. The van der Waals surface area contributed by atoms with Crippen LogP contribution in [-0.4, -0.2) is 30.9 Å². The largest absolute Gasteiger partial charge is 0.351 e. The SMILES string of the molecule is Cl.O=C(NC(C(=O)NC1CCNCC1)c1ccccc1)c1ccccc1. The first-order valence-corrected chi connectivity index (χ1v) is 8.66. The van der Waals surface area contributed by atoms with Gasteiger partial charge in [-0.1, -0.05) is 48.5 Å². The minimum atomic E-state index is -0.705. The third-order valence-corrected chi connectivity index (χ3v) is 4.39. The van der Waals surface area contributed by atoms with Crippen LogP contribution in [0.25, 0.3) is 0 Å². The molecule has 2 aromatic rings. The fraction of sp³-hybridized carbons (Fsp3) is 0.300. The summed E-state index contributed by atoms with van der Waals surface area (Å²) in [7, 11) is 0. The van der Waals surface area contributed by atoms with Crippen LogP contribution >= 0.6 is 12.4 Å². The van der Waals surface area contributed by atoms with Gasteiger partial charge < -0.3 is 16.0 Å². The predicted molar refractivity (Wildman–Crippen MR) is 104 cm³/mol. The smallest absolute Gasteiger partial charge is 0.252 e. The van der Waals surface area contributed by atoms with E-state index in [9.17, 15) is 9.59 Å². The number of hydrogen-bond donors (Lipinski definition) is 3. The number of halogens is 1. The highest BCUT2D eigenvalue weighted by Gasteiger charge is 2.25. The van der Waals surface area contributed by atoms with Gasteiger partial charge in [-0.25, -0.2) is 0 Å². The second-order valence-electron chi connectivity index (χ2n) is 6.22. The lowest BCUT2D eigenvalue weighted by Crippen LogP contribution is -2.47. The summed E-state index contributed by atoms with van der Waals surface area (Å²) in [5.41, 5.74) is 1.32. The summed E-state index contributed by atoms with van der Waals surface area (Å²) in [5.74, 6) is -0.419. The van der Waals surface area contributed by atoms with Crippen LogP contribution in [0.4, 0.5) is 0 Å². The van der Waals surface area contributed by atoms with E-state index >= 15 is 0 Å². The molecule has 6 heteroatoms. The molecule has 5 nitrogen and oxygen atoms in total. The van der Waals surface area contributed by atoms with Crippen LogP contribution in [-0.2, 0) is 4.79 Å². The van der Waals surface area contributed by atoms with Crippen LogP contribution in [0, 0.1) is 0 Å². The van der Waals surface area contributed by atoms with Crippen molar-refractivity contribution in [2.24, 2.45) is 0 Å². The molecule has 138 valence electrons. The third-order valence-electron chi connectivity index (χ3n) is 4.39. The van der Waals surface area contributed by atoms with E-state index < -0.39 is 6.04 Å². The first-order valence-electron chi connectivity index (χ1n) is 8.66. The normalized spacial score (nSPS) is 15.4. The number of nitrogens with one attached hydrogen (secondary N) is 3. The minimum Gasteiger partial charge on any atom is -0.351 e. The molecule has 3 rings (SSSR count). The third kappa shape index (κ3) is 5.31. The zero-order chi connectivity index (χ0) is 17.5. The molecule has 1 aliphatic heterocycles. The van der Waals surface area contributed by atoms with Gasteiger partial charge in [0.05, 0.1) is 0 Å². The van der Waals surface area contributed by atoms with Crippen molar-refractivity contribution in [2.75, 3.05) is 13.1 Å². The van der Waals surface area contributed by atoms with Gasteiger partial charge in [-0.05, 0) is 43.6 Å². The van der Waals surface area contributed by atoms with Crippen LogP contribution in [0.15, 0.2) is 60.7 Å². The number of piperidine rings is 1. The Morgan fingerprint density at radius 1 is 0.923 bits per heavy atom. The second kappa shape index (κ2) is 9.94. The molecule has 0 aromatic heterocycles. The van der Waals surface area contributed by atoms with Crippen molar-refractivity contribution in [2.45, 2.75) is 24.9 Å². The van der Waals surface area contributed by atoms with Crippen molar-refractivity contribution in [1.29, 1.82) is 0 Å². The van der Waals surface area contributed by atoms with Crippen LogP contribution in [0.1, 0.15) is 34.8 Å². The molecule has 26 heavy (non-hydrogen) atoms. The Kier molecular flexibility index (Phi) is 7.63. The summed E-state index contributed by atoms with van der Waals surface area (Å²) in [4.78, 5) is 25.4. The van der Waals surface area contributed by atoms with Crippen LogP contribution in [0.3, 0.4) is 0 Å². The first kappa shape index (κ1) is 19.9. The molecule has 0 radical (unpaired) electrons. The van der Waals surface area contributed by atoms with Gasteiger partial charge in [0.15, 0.2) is 0 Å². The maximum Gasteiger partial charge on any atom is 0.252 e. The molecule has 2 amide bonds. The van der Waals surface area contributed by atoms with Crippen molar-refractivity contribution in [3.05, 3.63) is 71.8 Å². The molecule has 0 saturated carbocycles. The Bertz CT molecular complexity index is 704. The van der Waals surface area contributed by atoms with Crippen molar-refractivity contribution >= 4 is 24.2 Å². The van der Waals surface area contributed by atoms with Gasteiger partial charge in [-0.15, -0.1) is 12.4 Å². The summed E-state index contributed by atoms with van der Waals surface area (Å²) in [6, 6.07) is 17.7. The van der Waals surface area contributed by atoms with Crippen molar-refractivity contribution in [1.82, 2.24) is 16.0 Å². The molecule has 1 fully saturated rings. The van der Waals surface area contributed by atoms with E-state index in [1.165, 1.54) is 0 Å². The topological polar surface area (TPSA) is 70.2 Å². The van der Waals surface area contributed by atoms with Gasteiger partial charge in [-0.2, -0.15) is 0 Å². The van der Waals surface area contributed by atoms with Crippen molar-refractivity contribution in [3.63, 3.8) is 0 Å². The van der Waals surface area contributed by atoms with E-state index in [4.69, 9.17) is 0 Å². The van der Waals surface area contributed by atoms with Crippen molar-refractivity contribution in [3.8, 4) is 0 Å². The van der Waals surface area contributed by atoms with Gasteiger partial charge in [0.1, 0.15) is 6.04 Å². The molecular formula is C20H24ClN3O2. The van der Waals surface area contributed by atoms with Crippen LogP contribution in [0.5, 0.6) is 0 Å². The Hall–Kier alpha value is -2.37. The molecule has 0 aliphatic carbocycles. The summed E-state index contributed by atoms with van der Waals surface area (Å²) >= 11 is 0. The monoisotopic (exact) mass is 373 g/mol. The van der Waals surface area contributed by atoms with Gasteiger partial charge in [-0.3, -0.25) is 9.59 Å². The number of carbonyl (C=O) groups is 2. The molecule has 1 atom stereocenters. The fourth-order valence-electron chi connectivity index (χ4n) is 3.00. The van der Waals surface area contributed by atoms with Gasteiger partial charge in [0, 0.05) is 11.6 Å². The van der Waals surface area contributed by atoms with Crippen LogP contribution in [0.2, 0.25) is 0 Å². The van der Waals surface area contributed by atoms with Gasteiger partial charge >= 0.3 is 0 Å². The summed E-state index contributed by atoms with van der Waals surface area (Å²) in [6.45, 7) is 1.80. The van der Waals surface area contributed by atoms with E-state index in [1.54, 1.807) is 12.1 Å². The number of amides is 2. The lowest BCUT2D eigenvalue weighted by atomic mass is 10.0. The number of hydrogen-bond acceptors (Lipinski definition) is 3. The minimum absolute atomic E-state index is 0. The molecule has 0 spiro atoms. The summed E-state index contributed by atoms with van der Waals surface area (Å²) in [5, 5.41) is 9.23. The zero-order valence-electron chi connectivity index (χ0n) is 14.5. The molecule has 1 saturated heterocycles. The fourth-order valence-corrected chi connectivity index (χ4v) is 3.00. The second-order valence-corrected chi connectivity index (χ2v) is 6.22. The van der Waals surface area contributed by atoms with E-state index in [0.717, 1.165) is 31.5 Å². The predicted octanol–water partition coefficient (Wildman–Crippen LogP) is 2.45. The highest BCUT2D eigenvalue weighted by atomic mass is 35.5. The van der Waals surface area contributed by atoms with Gasteiger partial charge in [0.25, 0.3) is 5.91 Å². The quantitative estimate of drug-likeness (QED) is 0.754.